The SMILES string of the molecule is C[I-]C(CO)CCC(N)=O. The van der Waals surface area contributed by atoms with Gasteiger partial charge in [-0.05, 0) is 0 Å². The molecule has 0 aromatic carbocycles. The topological polar surface area (TPSA) is 63.3 Å². The Labute approximate surface area is 71.2 Å². The Bertz CT molecular complexity index is 104. The first kappa shape index (κ1) is 10.2. The van der Waals surface area contributed by atoms with Gasteiger partial charge in [0, 0.05) is 0 Å². The second kappa shape index (κ2) is 5.91. The first-order valence-electron chi connectivity index (χ1n) is 3.08. The molecule has 0 bridgehead atoms. The van der Waals surface area contributed by atoms with E-state index in [4.69, 9.17) is 10.8 Å². The summed E-state index contributed by atoms with van der Waals surface area (Å²) in [5.74, 6) is -0.268. The van der Waals surface area contributed by atoms with E-state index >= 15 is 0 Å². The third kappa shape index (κ3) is 4.99. The number of primary amides is 1. The molecule has 0 aromatic rings. The van der Waals surface area contributed by atoms with Crippen LogP contribution in [0.3, 0.4) is 0 Å². The molecule has 3 nitrogen and oxygen atoms in total. The molecule has 0 aliphatic carbocycles. The van der Waals surface area contributed by atoms with Crippen LogP contribution in [-0.2, 0) is 4.79 Å². The van der Waals surface area contributed by atoms with Gasteiger partial charge >= 0.3 is 71.1 Å². The summed E-state index contributed by atoms with van der Waals surface area (Å²) in [4.78, 5) is 12.4. The van der Waals surface area contributed by atoms with Gasteiger partial charge < -0.3 is 0 Å². The zero-order chi connectivity index (χ0) is 7.98. The Morgan fingerprint density at radius 2 is 2.40 bits per heavy atom. The maximum atomic E-state index is 10.3. The van der Waals surface area contributed by atoms with Crippen molar-refractivity contribution in [1.29, 1.82) is 0 Å². The molecular weight excluding hydrogens is 245 g/mol. The molecule has 62 valence electrons. The number of carbonyl (C=O) groups excluding carboxylic acids is 1. The van der Waals surface area contributed by atoms with Gasteiger partial charge in [0.05, 0.1) is 0 Å². The number of alkyl halides is 2. The Kier molecular flexibility index (Phi) is 6.00. The quantitative estimate of drug-likeness (QED) is 0.394. The zero-order valence-electron chi connectivity index (χ0n) is 6.01. The second-order valence-corrected chi connectivity index (χ2v) is 5.01. The average Bonchev–Trinajstić information content (AvgIpc) is 1.90. The van der Waals surface area contributed by atoms with Crippen molar-refractivity contribution in [3.8, 4) is 0 Å². The van der Waals surface area contributed by atoms with Gasteiger partial charge in [0.25, 0.3) is 0 Å². The zero-order valence-corrected chi connectivity index (χ0v) is 8.17. The number of halogens is 1. The number of nitrogens with two attached hydrogens (primary N) is 1. The molecule has 0 aliphatic rings. The van der Waals surface area contributed by atoms with E-state index in [-0.39, 0.29) is 33.7 Å². The average molecular weight is 258 g/mol. The summed E-state index contributed by atoms with van der Waals surface area (Å²) in [6.45, 7) is 0.205. The molecule has 0 aliphatic heterocycles. The van der Waals surface area contributed by atoms with Crippen molar-refractivity contribution in [2.45, 2.75) is 16.8 Å². The van der Waals surface area contributed by atoms with Crippen molar-refractivity contribution in [2.24, 2.45) is 5.73 Å². The number of rotatable bonds is 5. The van der Waals surface area contributed by atoms with Crippen molar-refractivity contribution < 1.29 is 31.1 Å². The number of hydrogen-bond acceptors (Lipinski definition) is 2. The van der Waals surface area contributed by atoms with Crippen molar-refractivity contribution >= 4 is 5.91 Å². The van der Waals surface area contributed by atoms with Crippen molar-refractivity contribution in [1.82, 2.24) is 0 Å². The van der Waals surface area contributed by atoms with Crippen LogP contribution >= 0.6 is 0 Å². The third-order valence-corrected chi connectivity index (χ3v) is 3.99. The standard InChI is InChI=1S/C6H13INO2/c1-7-5(4-9)2-3-6(8)10/h5,9H,2-4H2,1H3,(H2,8,10)/q-1. The predicted molar refractivity (Wildman–Crippen MR) is 35.2 cm³/mol. The first-order chi connectivity index (χ1) is 4.70. The second-order valence-electron chi connectivity index (χ2n) is 2.00. The molecule has 0 heterocycles. The van der Waals surface area contributed by atoms with Crippen molar-refractivity contribution in [2.75, 3.05) is 11.5 Å². The van der Waals surface area contributed by atoms with Crippen LogP contribution in [0.5, 0.6) is 0 Å². The summed E-state index contributed by atoms with van der Waals surface area (Å²) >= 11 is 0.0517. The summed E-state index contributed by atoms with van der Waals surface area (Å²) < 4.78 is 0.353. The molecule has 0 fully saturated rings. The van der Waals surface area contributed by atoms with E-state index in [1.807, 2.05) is 0 Å². The molecule has 1 atom stereocenters. The first-order valence-corrected chi connectivity index (χ1v) is 6.48. The molecular formula is C6H13INO2-. The van der Waals surface area contributed by atoms with Crippen LogP contribution in [0.1, 0.15) is 12.8 Å². The monoisotopic (exact) mass is 258 g/mol. The summed E-state index contributed by atoms with van der Waals surface area (Å²) in [7, 11) is 0. The minimum atomic E-state index is -0.268. The van der Waals surface area contributed by atoms with Gasteiger partial charge in [0.15, 0.2) is 0 Å². The Balaban J connectivity index is 3.34. The van der Waals surface area contributed by atoms with Crippen LogP contribution in [-0.4, -0.2) is 26.5 Å². The fourth-order valence-electron chi connectivity index (χ4n) is 0.568. The third-order valence-electron chi connectivity index (χ3n) is 1.21. The molecule has 1 amide bonds. The van der Waals surface area contributed by atoms with Gasteiger partial charge in [0.1, 0.15) is 0 Å². The minimum absolute atomic E-state index is 0.0517. The maximum absolute atomic E-state index is 10.3. The van der Waals surface area contributed by atoms with Gasteiger partial charge in [-0.2, -0.15) is 0 Å². The molecule has 0 aromatic heterocycles. The molecule has 0 saturated carbocycles. The van der Waals surface area contributed by atoms with Gasteiger partial charge in [-0.15, -0.1) is 0 Å². The van der Waals surface area contributed by atoms with E-state index < -0.39 is 0 Å². The molecule has 1 unspecified atom stereocenters. The van der Waals surface area contributed by atoms with E-state index in [1.54, 1.807) is 0 Å². The van der Waals surface area contributed by atoms with E-state index in [1.165, 1.54) is 0 Å². The van der Waals surface area contributed by atoms with Crippen LogP contribution in [0, 0.1) is 0 Å². The van der Waals surface area contributed by atoms with E-state index in [9.17, 15) is 4.79 Å². The summed E-state index contributed by atoms with van der Waals surface area (Å²) in [5.41, 5.74) is 4.94. The Morgan fingerprint density at radius 3 is 2.70 bits per heavy atom. The fraction of sp³-hybridized carbons (Fsp3) is 0.833. The van der Waals surface area contributed by atoms with Gasteiger partial charge in [-0.25, -0.2) is 0 Å². The predicted octanol–water partition coefficient (Wildman–Crippen LogP) is -3.67. The number of aliphatic hydroxyl groups excluding tert-OH is 1. The van der Waals surface area contributed by atoms with Crippen molar-refractivity contribution in [3.63, 3.8) is 0 Å². The molecule has 0 radical (unpaired) electrons. The van der Waals surface area contributed by atoms with Gasteiger partial charge in [-0.1, -0.05) is 0 Å². The van der Waals surface area contributed by atoms with Gasteiger partial charge in [-0.3, -0.25) is 0 Å². The summed E-state index contributed by atoms with van der Waals surface area (Å²) in [6.07, 6.45) is 1.17. The Hall–Kier alpha value is 0.160. The van der Waals surface area contributed by atoms with Crippen LogP contribution in [0.2, 0.25) is 0 Å². The molecule has 0 rings (SSSR count). The number of aliphatic hydroxyl groups is 1. The number of carbonyl (C=O) groups is 1. The van der Waals surface area contributed by atoms with Crippen molar-refractivity contribution in [3.05, 3.63) is 0 Å². The van der Waals surface area contributed by atoms with Crippen LogP contribution < -0.4 is 26.9 Å². The molecule has 4 heteroatoms. The molecule has 0 spiro atoms. The normalized spacial score (nSPS) is 13.4. The number of hydrogen-bond donors (Lipinski definition) is 2. The van der Waals surface area contributed by atoms with Crippen LogP contribution in [0.4, 0.5) is 0 Å². The van der Waals surface area contributed by atoms with Crippen LogP contribution in [0.25, 0.3) is 0 Å². The van der Waals surface area contributed by atoms with E-state index in [0.717, 1.165) is 6.42 Å². The van der Waals surface area contributed by atoms with Crippen LogP contribution in [0.15, 0.2) is 0 Å². The summed E-state index contributed by atoms with van der Waals surface area (Å²) in [5, 5.41) is 8.71. The Morgan fingerprint density at radius 1 is 1.80 bits per heavy atom. The molecule has 3 N–H and O–H groups in total. The molecule has 10 heavy (non-hydrogen) atoms. The number of amides is 1. The molecule has 0 saturated heterocycles. The summed E-state index contributed by atoms with van der Waals surface area (Å²) in [6, 6.07) is 0. The fourth-order valence-corrected chi connectivity index (χ4v) is 1.90. The van der Waals surface area contributed by atoms with E-state index in [0.29, 0.717) is 10.3 Å². The van der Waals surface area contributed by atoms with Gasteiger partial charge in [0.2, 0.25) is 0 Å². The van der Waals surface area contributed by atoms with E-state index in [2.05, 4.69) is 4.93 Å².